The van der Waals surface area contributed by atoms with Crippen molar-refractivity contribution in [1.29, 1.82) is 0 Å². The first-order valence-electron chi connectivity index (χ1n) is 4.43. The molecule has 0 spiro atoms. The van der Waals surface area contributed by atoms with Crippen LogP contribution in [0.4, 0.5) is 8.78 Å². The van der Waals surface area contributed by atoms with E-state index in [2.05, 4.69) is 4.74 Å². The van der Waals surface area contributed by atoms with Gasteiger partial charge in [0.05, 0.1) is 12.7 Å². The summed E-state index contributed by atoms with van der Waals surface area (Å²) in [5.41, 5.74) is 0.143. The fourth-order valence-corrected chi connectivity index (χ4v) is 0.980. The van der Waals surface area contributed by atoms with Crippen molar-refractivity contribution in [2.75, 3.05) is 6.61 Å². The summed E-state index contributed by atoms with van der Waals surface area (Å²) in [7, 11) is 0. The third-order valence-corrected chi connectivity index (χ3v) is 1.65. The van der Waals surface area contributed by atoms with Crippen molar-refractivity contribution in [3.05, 3.63) is 41.7 Å². The summed E-state index contributed by atoms with van der Waals surface area (Å²) in [5, 5.41) is 0. The van der Waals surface area contributed by atoms with Crippen molar-refractivity contribution in [3.63, 3.8) is 0 Å². The first kappa shape index (κ1) is 11.4. The van der Waals surface area contributed by atoms with Crippen molar-refractivity contribution in [2.45, 2.75) is 6.92 Å². The minimum absolute atomic E-state index is 0.143. The number of benzene rings is 1. The Morgan fingerprint density at radius 1 is 1.40 bits per heavy atom. The average molecular weight is 212 g/mol. The second kappa shape index (κ2) is 5.24. The lowest BCUT2D eigenvalue weighted by Gasteiger charge is -1.98. The molecule has 0 aromatic heterocycles. The van der Waals surface area contributed by atoms with Gasteiger partial charge in [0.15, 0.2) is 0 Å². The summed E-state index contributed by atoms with van der Waals surface area (Å²) in [5.74, 6) is -1.95. The number of ether oxygens (including phenoxy) is 1. The predicted octanol–water partition coefficient (Wildman–Crippen LogP) is 2.70. The van der Waals surface area contributed by atoms with E-state index in [-0.39, 0.29) is 12.2 Å². The highest BCUT2D eigenvalue weighted by atomic mass is 19.1. The van der Waals surface area contributed by atoms with Crippen LogP contribution >= 0.6 is 0 Å². The van der Waals surface area contributed by atoms with E-state index in [9.17, 15) is 13.6 Å². The molecule has 1 rings (SSSR count). The minimum atomic E-state index is -0.751. The number of esters is 1. The van der Waals surface area contributed by atoms with Gasteiger partial charge >= 0.3 is 5.97 Å². The van der Waals surface area contributed by atoms with Crippen molar-refractivity contribution in [2.24, 2.45) is 0 Å². The predicted molar refractivity (Wildman–Crippen MR) is 52.1 cm³/mol. The Balaban J connectivity index is 2.79. The van der Waals surface area contributed by atoms with Crippen LogP contribution in [0.15, 0.2) is 30.3 Å². The molecule has 0 saturated carbocycles. The smallest absolute Gasteiger partial charge is 0.333 e. The number of carbonyl (C=O) groups excluding carboxylic acids is 1. The normalized spacial score (nSPS) is 11.3. The Labute approximate surface area is 86.2 Å². The molecule has 0 fully saturated rings. The second-order valence-corrected chi connectivity index (χ2v) is 2.75. The van der Waals surface area contributed by atoms with Crippen LogP contribution in [0, 0.1) is 5.82 Å². The molecule has 0 saturated heterocycles. The molecule has 0 heterocycles. The molecule has 1 aromatic carbocycles. The van der Waals surface area contributed by atoms with Crippen LogP contribution in [0.2, 0.25) is 0 Å². The lowest BCUT2D eigenvalue weighted by atomic mass is 10.2. The molecule has 4 heteroatoms. The van der Waals surface area contributed by atoms with Gasteiger partial charge in [-0.25, -0.2) is 13.6 Å². The first-order valence-corrected chi connectivity index (χ1v) is 4.43. The van der Waals surface area contributed by atoms with Gasteiger partial charge in [0, 0.05) is 5.56 Å². The number of halogens is 2. The molecule has 0 radical (unpaired) electrons. The van der Waals surface area contributed by atoms with E-state index in [1.165, 1.54) is 12.1 Å². The molecule has 0 amide bonds. The van der Waals surface area contributed by atoms with Crippen molar-refractivity contribution < 1.29 is 18.3 Å². The van der Waals surface area contributed by atoms with E-state index in [1.807, 2.05) is 0 Å². The molecule has 0 bridgehead atoms. The zero-order valence-corrected chi connectivity index (χ0v) is 8.17. The molecule has 80 valence electrons. The fraction of sp³-hybridized carbons (Fsp3) is 0.182. The van der Waals surface area contributed by atoms with Crippen molar-refractivity contribution in [1.82, 2.24) is 0 Å². The van der Waals surface area contributed by atoms with Crippen molar-refractivity contribution >= 4 is 11.8 Å². The first-order chi connectivity index (χ1) is 7.13. The van der Waals surface area contributed by atoms with E-state index in [0.717, 1.165) is 18.2 Å². The monoisotopic (exact) mass is 212 g/mol. The number of rotatable bonds is 3. The Kier molecular flexibility index (Phi) is 3.97. The summed E-state index contributed by atoms with van der Waals surface area (Å²) >= 11 is 0. The summed E-state index contributed by atoms with van der Waals surface area (Å²) in [6, 6.07) is 4.74. The molecule has 15 heavy (non-hydrogen) atoms. The number of carbonyl (C=O) groups is 1. The van der Waals surface area contributed by atoms with E-state index >= 15 is 0 Å². The molecule has 0 N–H and O–H groups in total. The second-order valence-electron chi connectivity index (χ2n) is 2.75. The molecule has 1 aromatic rings. The minimum Gasteiger partial charge on any atom is -0.463 e. The highest BCUT2D eigenvalue weighted by Crippen LogP contribution is 2.16. The summed E-state index contributed by atoms with van der Waals surface area (Å²) in [6.07, 6.45) is 0.733. The van der Waals surface area contributed by atoms with Gasteiger partial charge in [0.2, 0.25) is 0 Å². The number of hydrogen-bond donors (Lipinski definition) is 0. The van der Waals surface area contributed by atoms with Crippen LogP contribution in [0.25, 0.3) is 5.83 Å². The molecule has 0 aliphatic carbocycles. The average Bonchev–Trinajstić information content (AvgIpc) is 2.18. The van der Waals surface area contributed by atoms with Crippen LogP contribution in [0.3, 0.4) is 0 Å². The van der Waals surface area contributed by atoms with Gasteiger partial charge in [-0.15, -0.1) is 0 Å². The molecular formula is C11H10F2O2. The van der Waals surface area contributed by atoms with Gasteiger partial charge in [-0.2, -0.15) is 0 Å². The summed E-state index contributed by atoms with van der Waals surface area (Å²) < 4.78 is 30.3. The lowest BCUT2D eigenvalue weighted by Crippen LogP contribution is -1.99. The molecule has 0 aliphatic heterocycles. The van der Waals surface area contributed by atoms with Gasteiger partial charge in [-0.3, -0.25) is 0 Å². The third kappa shape index (κ3) is 3.50. The Morgan fingerprint density at radius 3 is 2.53 bits per heavy atom. The van der Waals surface area contributed by atoms with Crippen LogP contribution in [-0.4, -0.2) is 12.6 Å². The van der Waals surface area contributed by atoms with E-state index in [1.54, 1.807) is 6.92 Å². The summed E-state index contributed by atoms with van der Waals surface area (Å²) in [4.78, 5) is 10.9. The van der Waals surface area contributed by atoms with Gasteiger partial charge in [-0.05, 0) is 31.2 Å². The van der Waals surface area contributed by atoms with Crippen LogP contribution in [0.5, 0.6) is 0 Å². The van der Waals surface area contributed by atoms with Crippen molar-refractivity contribution in [3.8, 4) is 0 Å². The van der Waals surface area contributed by atoms with E-state index in [4.69, 9.17) is 0 Å². The summed E-state index contributed by atoms with van der Waals surface area (Å²) in [6.45, 7) is 1.81. The molecule has 0 unspecified atom stereocenters. The van der Waals surface area contributed by atoms with E-state index < -0.39 is 17.6 Å². The highest BCUT2D eigenvalue weighted by molar-refractivity contribution is 5.89. The SMILES string of the molecule is CCOC(=O)/C=C(\F)c1ccc(F)cc1. The van der Waals surface area contributed by atoms with Crippen LogP contribution in [-0.2, 0) is 9.53 Å². The fourth-order valence-electron chi connectivity index (χ4n) is 0.980. The lowest BCUT2D eigenvalue weighted by molar-refractivity contribution is -0.137. The standard InChI is InChI=1S/C11H10F2O2/c1-2-15-11(14)7-10(13)8-3-5-9(12)6-4-8/h3-7H,2H2,1H3/b10-7-. The Bertz CT molecular complexity index is 369. The highest BCUT2D eigenvalue weighted by Gasteiger charge is 2.04. The molecular weight excluding hydrogens is 202 g/mol. The Morgan fingerprint density at radius 2 is 2.00 bits per heavy atom. The topological polar surface area (TPSA) is 26.3 Å². The largest absolute Gasteiger partial charge is 0.463 e. The zero-order chi connectivity index (χ0) is 11.3. The van der Waals surface area contributed by atoms with Gasteiger partial charge in [0.1, 0.15) is 11.6 Å². The molecule has 2 nitrogen and oxygen atoms in total. The van der Waals surface area contributed by atoms with Crippen LogP contribution in [0.1, 0.15) is 12.5 Å². The van der Waals surface area contributed by atoms with Gasteiger partial charge in [-0.1, -0.05) is 0 Å². The third-order valence-electron chi connectivity index (χ3n) is 1.65. The molecule has 0 atom stereocenters. The maximum absolute atomic E-state index is 13.3. The van der Waals surface area contributed by atoms with Gasteiger partial charge in [0.25, 0.3) is 0 Å². The van der Waals surface area contributed by atoms with Crippen LogP contribution < -0.4 is 0 Å². The quantitative estimate of drug-likeness (QED) is 0.568. The van der Waals surface area contributed by atoms with E-state index in [0.29, 0.717) is 0 Å². The number of hydrogen-bond acceptors (Lipinski definition) is 2. The van der Waals surface area contributed by atoms with Gasteiger partial charge < -0.3 is 4.74 Å². The maximum atomic E-state index is 13.3. The maximum Gasteiger partial charge on any atom is 0.333 e. The Hall–Kier alpha value is -1.71. The zero-order valence-electron chi connectivity index (χ0n) is 8.17. The molecule has 0 aliphatic rings.